The fraction of sp³-hybridized carbons (Fsp3) is 0.857. The maximum atomic E-state index is 12.7. The van der Waals surface area contributed by atoms with Crippen molar-refractivity contribution in [1.29, 1.82) is 0 Å². The first-order valence-electron chi connectivity index (χ1n) is 3.49. The summed E-state index contributed by atoms with van der Waals surface area (Å²) in [6, 6.07) is 0. The largest absolute Gasteiger partial charge is 0.481 e. The molecule has 0 saturated heterocycles. The molecule has 1 unspecified atom stereocenters. The Labute approximate surface area is 64.2 Å². The summed E-state index contributed by atoms with van der Waals surface area (Å²) in [5.41, 5.74) is 0. The standard InChI is InChI=1S/C7H12F2O2/c1-3-5(2)7(8,9)4-6(10)11/h5H,3-4H2,1-2H3,(H,10,11). The summed E-state index contributed by atoms with van der Waals surface area (Å²) in [5.74, 6) is -5.38. The van der Waals surface area contributed by atoms with Crippen LogP contribution in [0.25, 0.3) is 0 Å². The second-order valence-corrected chi connectivity index (χ2v) is 2.64. The minimum Gasteiger partial charge on any atom is -0.481 e. The zero-order chi connectivity index (χ0) is 9.07. The normalized spacial score (nSPS) is 14.5. The monoisotopic (exact) mass is 166 g/mol. The number of rotatable bonds is 4. The Morgan fingerprint density at radius 1 is 1.64 bits per heavy atom. The predicted molar refractivity (Wildman–Crippen MR) is 36.7 cm³/mol. The quantitative estimate of drug-likeness (QED) is 0.694. The van der Waals surface area contributed by atoms with Crippen LogP contribution in [-0.2, 0) is 4.79 Å². The Morgan fingerprint density at radius 3 is 2.36 bits per heavy atom. The van der Waals surface area contributed by atoms with E-state index in [1.54, 1.807) is 6.92 Å². The van der Waals surface area contributed by atoms with E-state index in [9.17, 15) is 13.6 Å². The molecule has 0 aliphatic heterocycles. The molecule has 2 nitrogen and oxygen atoms in total. The van der Waals surface area contributed by atoms with Crippen molar-refractivity contribution >= 4 is 5.97 Å². The molecule has 0 radical (unpaired) electrons. The van der Waals surface area contributed by atoms with Crippen molar-refractivity contribution in [3.05, 3.63) is 0 Å². The summed E-state index contributed by atoms with van der Waals surface area (Å²) < 4.78 is 25.4. The third-order valence-electron chi connectivity index (χ3n) is 1.72. The molecule has 0 fully saturated rings. The highest BCUT2D eigenvalue weighted by molar-refractivity contribution is 5.67. The summed E-state index contributed by atoms with van der Waals surface area (Å²) in [5, 5.41) is 8.11. The van der Waals surface area contributed by atoms with Gasteiger partial charge >= 0.3 is 5.97 Å². The molecule has 0 bridgehead atoms. The van der Waals surface area contributed by atoms with Gasteiger partial charge in [0, 0.05) is 5.92 Å². The van der Waals surface area contributed by atoms with Crippen LogP contribution >= 0.6 is 0 Å². The molecule has 1 atom stereocenters. The van der Waals surface area contributed by atoms with Crippen LogP contribution in [0, 0.1) is 5.92 Å². The molecule has 0 aromatic heterocycles. The number of hydrogen-bond donors (Lipinski definition) is 1. The highest BCUT2D eigenvalue weighted by Gasteiger charge is 2.37. The van der Waals surface area contributed by atoms with Gasteiger partial charge in [-0.2, -0.15) is 0 Å². The van der Waals surface area contributed by atoms with E-state index in [2.05, 4.69) is 0 Å². The van der Waals surface area contributed by atoms with Gasteiger partial charge in [-0.15, -0.1) is 0 Å². The SMILES string of the molecule is CCC(C)C(F)(F)CC(=O)O. The molecular formula is C7H12F2O2. The number of carboxylic acid groups (broad SMARTS) is 1. The molecule has 0 heterocycles. The third kappa shape index (κ3) is 3.30. The first kappa shape index (κ1) is 10.3. The van der Waals surface area contributed by atoms with Gasteiger partial charge < -0.3 is 5.11 Å². The molecule has 0 aliphatic rings. The lowest BCUT2D eigenvalue weighted by Gasteiger charge is -2.20. The topological polar surface area (TPSA) is 37.3 Å². The zero-order valence-electron chi connectivity index (χ0n) is 6.60. The molecule has 1 N–H and O–H groups in total. The van der Waals surface area contributed by atoms with Crippen molar-refractivity contribution in [2.75, 3.05) is 0 Å². The average Bonchev–Trinajstić information content (AvgIpc) is 1.83. The van der Waals surface area contributed by atoms with Crippen LogP contribution in [0.3, 0.4) is 0 Å². The van der Waals surface area contributed by atoms with E-state index in [1.165, 1.54) is 6.92 Å². The molecular weight excluding hydrogens is 154 g/mol. The third-order valence-corrected chi connectivity index (χ3v) is 1.72. The molecule has 66 valence electrons. The number of alkyl halides is 2. The molecule has 11 heavy (non-hydrogen) atoms. The molecule has 0 rings (SSSR count). The van der Waals surface area contributed by atoms with Crippen molar-refractivity contribution in [3.63, 3.8) is 0 Å². The van der Waals surface area contributed by atoms with E-state index in [-0.39, 0.29) is 0 Å². The highest BCUT2D eigenvalue weighted by Crippen LogP contribution is 2.29. The summed E-state index contributed by atoms with van der Waals surface area (Å²) in [6.45, 7) is 2.96. The van der Waals surface area contributed by atoms with Crippen LogP contribution in [-0.4, -0.2) is 17.0 Å². The van der Waals surface area contributed by atoms with E-state index in [0.29, 0.717) is 6.42 Å². The predicted octanol–water partition coefficient (Wildman–Crippen LogP) is 2.14. The second kappa shape index (κ2) is 3.64. The smallest absolute Gasteiger partial charge is 0.309 e. The maximum absolute atomic E-state index is 12.7. The molecule has 0 spiro atoms. The maximum Gasteiger partial charge on any atom is 0.309 e. The number of carbonyl (C=O) groups is 1. The van der Waals surface area contributed by atoms with Gasteiger partial charge in [0.2, 0.25) is 0 Å². The minimum atomic E-state index is -3.07. The van der Waals surface area contributed by atoms with Crippen LogP contribution in [0.4, 0.5) is 8.78 Å². The van der Waals surface area contributed by atoms with E-state index in [4.69, 9.17) is 5.11 Å². The van der Waals surface area contributed by atoms with E-state index in [0.717, 1.165) is 0 Å². The first-order valence-corrected chi connectivity index (χ1v) is 3.49. The summed E-state index contributed by atoms with van der Waals surface area (Å²) in [7, 11) is 0. The molecule has 0 saturated carbocycles. The van der Waals surface area contributed by atoms with Crippen molar-refractivity contribution in [2.45, 2.75) is 32.6 Å². The Kier molecular flexibility index (Phi) is 3.42. The Hall–Kier alpha value is -0.670. The Balaban J connectivity index is 4.08. The van der Waals surface area contributed by atoms with Crippen molar-refractivity contribution in [2.24, 2.45) is 5.92 Å². The van der Waals surface area contributed by atoms with E-state index in [1.807, 2.05) is 0 Å². The van der Waals surface area contributed by atoms with Crippen LogP contribution in [0.2, 0.25) is 0 Å². The van der Waals surface area contributed by atoms with Gasteiger partial charge in [-0.3, -0.25) is 4.79 Å². The number of halogens is 2. The molecule has 0 amide bonds. The minimum absolute atomic E-state index is 0.292. The molecule has 0 aliphatic carbocycles. The summed E-state index contributed by atoms with van der Waals surface area (Å²) in [4.78, 5) is 9.96. The van der Waals surface area contributed by atoms with Crippen LogP contribution in [0.15, 0.2) is 0 Å². The van der Waals surface area contributed by atoms with Gasteiger partial charge in [0.05, 0.1) is 0 Å². The molecule has 0 aromatic rings. The lowest BCUT2D eigenvalue weighted by Crippen LogP contribution is -2.28. The summed E-state index contributed by atoms with van der Waals surface area (Å²) >= 11 is 0. The van der Waals surface area contributed by atoms with Crippen molar-refractivity contribution < 1.29 is 18.7 Å². The number of carboxylic acids is 1. The zero-order valence-corrected chi connectivity index (χ0v) is 6.60. The summed E-state index contributed by atoms with van der Waals surface area (Å²) in [6.07, 6.45) is -0.776. The van der Waals surface area contributed by atoms with Crippen molar-refractivity contribution in [1.82, 2.24) is 0 Å². The fourth-order valence-electron chi connectivity index (χ4n) is 0.674. The van der Waals surface area contributed by atoms with Gasteiger partial charge in [0.1, 0.15) is 6.42 Å². The van der Waals surface area contributed by atoms with E-state index < -0.39 is 24.2 Å². The first-order chi connectivity index (χ1) is 4.90. The van der Waals surface area contributed by atoms with Gasteiger partial charge in [-0.05, 0) is 6.42 Å². The lowest BCUT2D eigenvalue weighted by atomic mass is 9.98. The highest BCUT2D eigenvalue weighted by atomic mass is 19.3. The van der Waals surface area contributed by atoms with Crippen molar-refractivity contribution in [3.8, 4) is 0 Å². The van der Waals surface area contributed by atoms with Gasteiger partial charge in [0.15, 0.2) is 0 Å². The van der Waals surface area contributed by atoms with Crippen LogP contribution in [0.1, 0.15) is 26.7 Å². The van der Waals surface area contributed by atoms with Crippen LogP contribution < -0.4 is 0 Å². The second-order valence-electron chi connectivity index (χ2n) is 2.64. The molecule has 0 aromatic carbocycles. The van der Waals surface area contributed by atoms with Gasteiger partial charge in [-0.25, -0.2) is 8.78 Å². The number of hydrogen-bond acceptors (Lipinski definition) is 1. The number of aliphatic carboxylic acids is 1. The fourth-order valence-corrected chi connectivity index (χ4v) is 0.674. The van der Waals surface area contributed by atoms with Gasteiger partial charge in [-0.1, -0.05) is 13.8 Å². The lowest BCUT2D eigenvalue weighted by molar-refractivity contribution is -0.148. The average molecular weight is 166 g/mol. The van der Waals surface area contributed by atoms with E-state index >= 15 is 0 Å². The molecule has 4 heteroatoms. The van der Waals surface area contributed by atoms with Crippen LogP contribution in [0.5, 0.6) is 0 Å². The Bertz CT molecular complexity index is 145. The van der Waals surface area contributed by atoms with Gasteiger partial charge in [0.25, 0.3) is 5.92 Å². The Morgan fingerprint density at radius 2 is 2.09 bits per heavy atom.